The lowest BCUT2D eigenvalue weighted by molar-refractivity contribution is -0.154. The summed E-state index contributed by atoms with van der Waals surface area (Å²) in [6.07, 6.45) is 6.68. The Bertz CT molecular complexity index is 809. The van der Waals surface area contributed by atoms with Crippen molar-refractivity contribution in [3.05, 3.63) is 28.5 Å². The van der Waals surface area contributed by atoms with Gasteiger partial charge >= 0.3 is 5.97 Å². The van der Waals surface area contributed by atoms with E-state index in [0.717, 1.165) is 25.7 Å². The maximum absolute atomic E-state index is 15.1. The third kappa shape index (κ3) is 4.76. The summed E-state index contributed by atoms with van der Waals surface area (Å²) in [5.74, 6) is -1.59. The van der Waals surface area contributed by atoms with Crippen molar-refractivity contribution >= 4 is 33.5 Å². The van der Waals surface area contributed by atoms with Gasteiger partial charge in [-0.05, 0) is 60.4 Å². The van der Waals surface area contributed by atoms with E-state index in [1.54, 1.807) is 25.9 Å². The number of hydrogen-bond donors (Lipinski definition) is 1. The number of fused-ring (bicyclic) bond motifs is 3. The number of carbonyl (C=O) groups is 2. The van der Waals surface area contributed by atoms with E-state index < -0.39 is 11.6 Å². The van der Waals surface area contributed by atoms with Crippen LogP contribution in [-0.4, -0.2) is 53.4 Å². The topological polar surface area (TPSA) is 84.4 Å². The van der Waals surface area contributed by atoms with E-state index in [-0.39, 0.29) is 46.0 Å². The molecule has 0 aliphatic heterocycles. The van der Waals surface area contributed by atoms with Crippen LogP contribution < -0.4 is 5.32 Å². The number of ketones is 1. The van der Waals surface area contributed by atoms with Crippen LogP contribution >= 0.6 is 15.9 Å². The molecule has 2 bridgehead atoms. The van der Waals surface area contributed by atoms with E-state index in [4.69, 9.17) is 4.74 Å². The average molecular weight is 469 g/mol. The number of carbonyl (C=O) groups excluding carboxylic acids is 2. The minimum absolute atomic E-state index is 0.0691. The van der Waals surface area contributed by atoms with Crippen LogP contribution in [0, 0.1) is 23.6 Å². The number of hydrogen-bond acceptors (Lipinski definition) is 7. The van der Waals surface area contributed by atoms with Crippen molar-refractivity contribution in [1.29, 1.82) is 0 Å². The van der Waals surface area contributed by atoms with Gasteiger partial charge in [-0.1, -0.05) is 0 Å². The largest absolute Gasteiger partial charge is 0.466 e. The molecule has 7 nitrogen and oxygen atoms in total. The summed E-state index contributed by atoms with van der Waals surface area (Å²) in [6.45, 7) is 2.09. The second kappa shape index (κ2) is 9.19. The Kier molecular flexibility index (Phi) is 6.87. The number of aromatic nitrogens is 2. The average Bonchev–Trinajstić information content (AvgIpc) is 2.69. The molecule has 3 aliphatic carbocycles. The monoisotopic (exact) mass is 468 g/mol. The van der Waals surface area contributed by atoms with Crippen molar-refractivity contribution < 1.29 is 18.7 Å². The summed E-state index contributed by atoms with van der Waals surface area (Å²) >= 11 is 3.16. The number of halogens is 2. The van der Waals surface area contributed by atoms with Crippen LogP contribution in [0.1, 0.15) is 43.1 Å². The lowest BCUT2D eigenvalue weighted by Crippen LogP contribution is -2.52. The van der Waals surface area contributed by atoms with Crippen LogP contribution in [0.5, 0.6) is 0 Å². The second-order valence-electron chi connectivity index (χ2n) is 7.77. The molecule has 4 rings (SSSR count). The normalized spacial score (nSPS) is 25.8. The van der Waals surface area contributed by atoms with Gasteiger partial charge in [0, 0.05) is 32.4 Å². The summed E-state index contributed by atoms with van der Waals surface area (Å²) in [4.78, 5) is 34.7. The molecule has 0 unspecified atom stereocenters. The Hall–Kier alpha value is -2.03. The fraction of sp³-hybridized carbons (Fsp3) is 0.600. The van der Waals surface area contributed by atoms with E-state index >= 15 is 4.39 Å². The maximum atomic E-state index is 15.1. The minimum atomic E-state index is -0.814. The number of nitrogens with one attached hydrogen (secondary N) is 1. The standard InChI is InChI=1S/C20H26BrFN4O3/c1-4-29-19(28)14-11-5-7-12(8-6-11)16(14)23-18-15(22)17(24-20(21)25-18)13(27)9-10-26(2)3/h9-12,14,16H,4-8H2,1-3H3,(H,23,24,25)/b10-9+/t11?,12?,14-,16-/m1/s1. The molecule has 3 saturated carbocycles. The van der Waals surface area contributed by atoms with Gasteiger partial charge in [0.1, 0.15) is 0 Å². The Labute approximate surface area is 178 Å². The molecule has 158 valence electrons. The third-order valence-electron chi connectivity index (χ3n) is 5.66. The zero-order chi connectivity index (χ0) is 21.1. The molecule has 0 amide bonds. The number of anilines is 1. The first-order valence-electron chi connectivity index (χ1n) is 9.87. The van der Waals surface area contributed by atoms with Gasteiger partial charge in [0.05, 0.1) is 12.5 Å². The Morgan fingerprint density at radius 2 is 1.90 bits per heavy atom. The molecule has 1 N–H and O–H groups in total. The van der Waals surface area contributed by atoms with Crippen molar-refractivity contribution in [2.24, 2.45) is 17.8 Å². The molecule has 0 spiro atoms. The highest BCUT2D eigenvalue weighted by atomic mass is 79.9. The minimum Gasteiger partial charge on any atom is -0.466 e. The summed E-state index contributed by atoms with van der Waals surface area (Å²) in [7, 11) is 3.52. The van der Waals surface area contributed by atoms with E-state index in [0.29, 0.717) is 6.61 Å². The molecule has 0 radical (unpaired) electrons. The summed E-state index contributed by atoms with van der Waals surface area (Å²) in [5.41, 5.74) is -0.318. The highest BCUT2D eigenvalue weighted by molar-refractivity contribution is 9.10. The molecule has 1 heterocycles. The first kappa shape index (κ1) is 21.7. The van der Waals surface area contributed by atoms with Gasteiger partial charge in [-0.3, -0.25) is 9.59 Å². The first-order chi connectivity index (χ1) is 13.8. The van der Waals surface area contributed by atoms with Gasteiger partial charge in [0.2, 0.25) is 5.78 Å². The predicted octanol–water partition coefficient (Wildman–Crippen LogP) is 3.42. The molecule has 3 aliphatic rings. The zero-order valence-corrected chi connectivity index (χ0v) is 18.4. The van der Waals surface area contributed by atoms with Crippen LogP contribution in [0.15, 0.2) is 17.0 Å². The highest BCUT2D eigenvalue weighted by Crippen LogP contribution is 2.46. The molecule has 1 aromatic heterocycles. The SMILES string of the molecule is CCOC(=O)[C@@H]1C2CCC(CC2)[C@H]1Nc1nc(Br)nc(C(=O)/C=C/N(C)C)c1F. The molecular weight excluding hydrogens is 443 g/mol. The highest BCUT2D eigenvalue weighted by Gasteiger charge is 2.48. The van der Waals surface area contributed by atoms with E-state index in [1.807, 2.05) is 0 Å². The first-order valence-corrected chi connectivity index (χ1v) is 10.7. The smallest absolute Gasteiger partial charge is 0.311 e. The molecule has 0 aromatic carbocycles. The molecule has 1 aromatic rings. The van der Waals surface area contributed by atoms with Crippen LogP contribution in [0.25, 0.3) is 0 Å². The maximum Gasteiger partial charge on any atom is 0.311 e. The summed E-state index contributed by atoms with van der Waals surface area (Å²) < 4.78 is 20.5. The van der Waals surface area contributed by atoms with E-state index in [2.05, 4.69) is 31.2 Å². The van der Waals surface area contributed by atoms with Gasteiger partial charge in [0.25, 0.3) is 0 Å². The van der Waals surface area contributed by atoms with Crippen molar-refractivity contribution in [3.8, 4) is 0 Å². The number of allylic oxidation sites excluding steroid dienone is 1. The van der Waals surface area contributed by atoms with Crippen molar-refractivity contribution in [3.63, 3.8) is 0 Å². The molecule has 9 heteroatoms. The Morgan fingerprint density at radius 1 is 1.24 bits per heavy atom. The molecule has 29 heavy (non-hydrogen) atoms. The van der Waals surface area contributed by atoms with E-state index in [1.165, 1.54) is 12.3 Å². The molecule has 2 atom stereocenters. The van der Waals surface area contributed by atoms with Crippen LogP contribution in [-0.2, 0) is 9.53 Å². The third-order valence-corrected chi connectivity index (χ3v) is 6.02. The van der Waals surface area contributed by atoms with Gasteiger partial charge in [-0.2, -0.15) is 0 Å². The van der Waals surface area contributed by atoms with Gasteiger partial charge < -0.3 is 15.0 Å². The lowest BCUT2D eigenvalue weighted by Gasteiger charge is -2.47. The van der Waals surface area contributed by atoms with Crippen LogP contribution in [0.2, 0.25) is 0 Å². The van der Waals surface area contributed by atoms with Crippen molar-refractivity contribution in [2.75, 3.05) is 26.0 Å². The van der Waals surface area contributed by atoms with E-state index in [9.17, 15) is 9.59 Å². The predicted molar refractivity (Wildman–Crippen MR) is 110 cm³/mol. The molecule has 3 fully saturated rings. The quantitative estimate of drug-likeness (QED) is 0.284. The molecule has 0 saturated heterocycles. The lowest BCUT2D eigenvalue weighted by atomic mass is 9.61. The van der Waals surface area contributed by atoms with Crippen molar-refractivity contribution in [1.82, 2.24) is 14.9 Å². The van der Waals surface area contributed by atoms with Gasteiger partial charge in [0.15, 0.2) is 22.1 Å². The van der Waals surface area contributed by atoms with Gasteiger partial charge in [-0.15, -0.1) is 0 Å². The van der Waals surface area contributed by atoms with Crippen LogP contribution in [0.3, 0.4) is 0 Å². The fourth-order valence-electron chi connectivity index (χ4n) is 4.37. The number of esters is 1. The Morgan fingerprint density at radius 3 is 2.52 bits per heavy atom. The van der Waals surface area contributed by atoms with Crippen molar-refractivity contribution in [2.45, 2.75) is 38.6 Å². The fourth-order valence-corrected chi connectivity index (χ4v) is 4.72. The zero-order valence-electron chi connectivity index (χ0n) is 16.8. The number of ether oxygens (including phenoxy) is 1. The molecular formula is C20H26BrFN4O3. The van der Waals surface area contributed by atoms with Gasteiger partial charge in [-0.25, -0.2) is 14.4 Å². The Balaban J connectivity index is 1.90. The number of nitrogens with zero attached hydrogens (tertiary/aromatic N) is 3. The van der Waals surface area contributed by atoms with Crippen LogP contribution in [0.4, 0.5) is 10.2 Å². The summed E-state index contributed by atoms with van der Waals surface area (Å²) in [5, 5.41) is 3.13. The second-order valence-corrected chi connectivity index (χ2v) is 8.48. The number of rotatable bonds is 7. The summed E-state index contributed by atoms with van der Waals surface area (Å²) in [6, 6.07) is -0.280.